The van der Waals surface area contributed by atoms with Crippen LogP contribution >= 0.6 is 11.6 Å². The molecule has 5 nitrogen and oxygen atoms in total. The number of carbonyl (C=O) groups is 1. The second-order valence-electron chi connectivity index (χ2n) is 7.08. The van der Waals surface area contributed by atoms with Crippen molar-refractivity contribution in [3.05, 3.63) is 87.4 Å². The van der Waals surface area contributed by atoms with Crippen LogP contribution in [0.15, 0.2) is 59.6 Å². The summed E-state index contributed by atoms with van der Waals surface area (Å²) in [5, 5.41) is 9.42. The van der Waals surface area contributed by atoms with Crippen molar-refractivity contribution in [2.75, 3.05) is 6.61 Å². The number of rotatable bonds is 8. The molecule has 0 saturated heterocycles. The summed E-state index contributed by atoms with van der Waals surface area (Å²) in [4.78, 5) is 15.5. The molecule has 0 heterocycles. The fourth-order valence-electron chi connectivity index (χ4n) is 2.92. The van der Waals surface area contributed by atoms with E-state index in [1.165, 1.54) is 11.1 Å². The fourth-order valence-corrected chi connectivity index (χ4v) is 3.19. The van der Waals surface area contributed by atoms with Crippen LogP contribution in [-0.4, -0.2) is 23.9 Å². The van der Waals surface area contributed by atoms with Gasteiger partial charge in [-0.1, -0.05) is 29.8 Å². The summed E-state index contributed by atoms with van der Waals surface area (Å²) in [5.74, 6) is 0.0000432. The number of benzene rings is 3. The Morgan fingerprint density at radius 3 is 2.42 bits per heavy atom. The summed E-state index contributed by atoms with van der Waals surface area (Å²) >= 11 is 6.49. The van der Waals surface area contributed by atoms with Crippen LogP contribution in [0.5, 0.6) is 11.5 Å². The van der Waals surface area contributed by atoms with E-state index in [2.05, 4.69) is 18.8 Å². The summed E-state index contributed by atoms with van der Waals surface area (Å²) in [6, 6.07) is 16.2. The van der Waals surface area contributed by atoms with Crippen molar-refractivity contribution in [2.45, 2.75) is 27.4 Å². The van der Waals surface area contributed by atoms with E-state index in [9.17, 15) is 4.79 Å². The van der Waals surface area contributed by atoms with Crippen LogP contribution in [0.2, 0.25) is 5.02 Å². The molecule has 0 amide bonds. The highest BCUT2D eigenvalue weighted by Crippen LogP contribution is 2.37. The number of halogens is 1. The predicted octanol–water partition coefficient (Wildman–Crippen LogP) is 6.38. The monoisotopic (exact) mass is 437 g/mol. The van der Waals surface area contributed by atoms with E-state index in [1.807, 2.05) is 31.2 Å². The zero-order chi connectivity index (χ0) is 22.4. The van der Waals surface area contributed by atoms with Gasteiger partial charge >= 0.3 is 5.97 Å². The fraction of sp³-hybridized carbons (Fsp3) is 0.200. The normalized spacial score (nSPS) is 11.0. The van der Waals surface area contributed by atoms with E-state index in [0.717, 1.165) is 16.8 Å². The average Bonchev–Trinajstić information content (AvgIpc) is 2.74. The number of carboxylic acid groups (broad SMARTS) is 1. The minimum atomic E-state index is -0.966. The Hall–Kier alpha value is -3.31. The number of nitrogens with zero attached hydrogens (tertiary/aromatic N) is 1. The maximum Gasteiger partial charge on any atom is 0.335 e. The predicted molar refractivity (Wildman–Crippen MR) is 124 cm³/mol. The van der Waals surface area contributed by atoms with Gasteiger partial charge in [0.2, 0.25) is 0 Å². The Kier molecular flexibility index (Phi) is 7.32. The van der Waals surface area contributed by atoms with Gasteiger partial charge in [0, 0.05) is 6.21 Å². The van der Waals surface area contributed by atoms with Crippen molar-refractivity contribution in [1.29, 1.82) is 0 Å². The number of aryl methyl sites for hydroxylation is 2. The smallest absolute Gasteiger partial charge is 0.335 e. The van der Waals surface area contributed by atoms with Gasteiger partial charge in [0.1, 0.15) is 6.61 Å². The molecule has 0 bridgehead atoms. The summed E-state index contributed by atoms with van der Waals surface area (Å²) < 4.78 is 11.6. The maximum absolute atomic E-state index is 11.0. The largest absolute Gasteiger partial charge is 0.490 e. The van der Waals surface area contributed by atoms with Crippen LogP contribution < -0.4 is 9.47 Å². The lowest BCUT2D eigenvalue weighted by Gasteiger charge is -2.14. The minimum absolute atomic E-state index is 0.226. The molecule has 0 fully saturated rings. The number of carboxylic acids is 1. The first-order valence-corrected chi connectivity index (χ1v) is 10.3. The highest BCUT2D eigenvalue weighted by molar-refractivity contribution is 6.32. The summed E-state index contributed by atoms with van der Waals surface area (Å²) in [6.07, 6.45) is 1.74. The lowest BCUT2D eigenvalue weighted by molar-refractivity contribution is 0.0697. The van der Waals surface area contributed by atoms with Gasteiger partial charge in [-0.05, 0) is 79.4 Å². The molecule has 0 aliphatic heterocycles. The van der Waals surface area contributed by atoms with Crippen LogP contribution in [0.4, 0.5) is 5.69 Å². The Labute approximate surface area is 186 Å². The van der Waals surface area contributed by atoms with Crippen molar-refractivity contribution in [3.63, 3.8) is 0 Å². The highest BCUT2D eigenvalue weighted by Gasteiger charge is 2.13. The van der Waals surface area contributed by atoms with Gasteiger partial charge in [-0.3, -0.25) is 4.99 Å². The third-order valence-electron chi connectivity index (χ3n) is 4.77. The first-order chi connectivity index (χ1) is 14.9. The van der Waals surface area contributed by atoms with Gasteiger partial charge in [0.05, 0.1) is 22.9 Å². The second-order valence-corrected chi connectivity index (χ2v) is 7.49. The molecule has 160 valence electrons. The lowest BCUT2D eigenvalue weighted by atomic mass is 10.1. The van der Waals surface area contributed by atoms with Gasteiger partial charge in [-0.2, -0.15) is 0 Å². The van der Waals surface area contributed by atoms with Crippen molar-refractivity contribution >= 4 is 29.5 Å². The minimum Gasteiger partial charge on any atom is -0.490 e. The van der Waals surface area contributed by atoms with Crippen molar-refractivity contribution in [1.82, 2.24) is 0 Å². The summed E-state index contributed by atoms with van der Waals surface area (Å²) in [7, 11) is 0. The van der Waals surface area contributed by atoms with Crippen LogP contribution in [0.25, 0.3) is 0 Å². The molecule has 0 aliphatic carbocycles. The Morgan fingerprint density at radius 1 is 1.03 bits per heavy atom. The highest BCUT2D eigenvalue weighted by atomic mass is 35.5. The molecule has 0 spiro atoms. The average molecular weight is 438 g/mol. The molecule has 0 aliphatic rings. The van der Waals surface area contributed by atoms with Gasteiger partial charge in [-0.15, -0.1) is 0 Å². The maximum atomic E-state index is 11.0. The van der Waals surface area contributed by atoms with Gasteiger partial charge in [0.25, 0.3) is 0 Å². The quantitative estimate of drug-likeness (QED) is 0.415. The molecule has 3 aromatic rings. The molecule has 3 rings (SSSR count). The molecule has 6 heteroatoms. The van der Waals surface area contributed by atoms with E-state index >= 15 is 0 Å². The molecule has 0 radical (unpaired) electrons. The van der Waals surface area contributed by atoms with E-state index in [4.69, 9.17) is 26.2 Å². The Balaban J connectivity index is 1.80. The lowest BCUT2D eigenvalue weighted by Crippen LogP contribution is -2.02. The van der Waals surface area contributed by atoms with Gasteiger partial charge in [-0.25, -0.2) is 4.79 Å². The number of aliphatic imine (C=N–C) groups is 1. The number of hydrogen-bond acceptors (Lipinski definition) is 4. The van der Waals surface area contributed by atoms with Crippen LogP contribution in [0, 0.1) is 13.8 Å². The van der Waals surface area contributed by atoms with Gasteiger partial charge in [0.15, 0.2) is 11.5 Å². The second kappa shape index (κ2) is 10.1. The molecular weight excluding hydrogens is 414 g/mol. The van der Waals surface area contributed by atoms with E-state index in [0.29, 0.717) is 23.1 Å². The molecule has 31 heavy (non-hydrogen) atoms. The van der Waals surface area contributed by atoms with Crippen LogP contribution in [0.3, 0.4) is 0 Å². The molecule has 0 saturated carbocycles. The first-order valence-electron chi connectivity index (χ1n) is 9.90. The number of aromatic carboxylic acids is 1. The van der Waals surface area contributed by atoms with Crippen LogP contribution in [-0.2, 0) is 6.61 Å². The van der Waals surface area contributed by atoms with Crippen LogP contribution in [0.1, 0.15) is 39.5 Å². The standard InChI is InChI=1S/C25H24ClNO4/c1-4-30-23-13-19(14-27-21-10-5-16(2)17(3)11-21)12-22(26)24(23)31-15-18-6-8-20(9-7-18)25(28)29/h5-14H,4,15H2,1-3H3,(H,28,29). The molecule has 0 aromatic heterocycles. The zero-order valence-electron chi connectivity index (χ0n) is 17.7. The first kappa shape index (κ1) is 22.4. The van der Waals surface area contributed by atoms with Gasteiger partial charge < -0.3 is 14.6 Å². The third kappa shape index (κ3) is 5.86. The molecule has 3 aromatic carbocycles. The molecule has 0 unspecified atom stereocenters. The summed E-state index contributed by atoms with van der Waals surface area (Å²) in [6.45, 7) is 6.70. The molecule has 1 N–H and O–H groups in total. The van der Waals surface area contributed by atoms with Crippen molar-refractivity contribution in [3.8, 4) is 11.5 Å². The zero-order valence-corrected chi connectivity index (χ0v) is 18.4. The Morgan fingerprint density at radius 2 is 1.77 bits per heavy atom. The third-order valence-corrected chi connectivity index (χ3v) is 5.05. The topological polar surface area (TPSA) is 68.1 Å². The van der Waals surface area contributed by atoms with E-state index in [1.54, 1.807) is 36.5 Å². The van der Waals surface area contributed by atoms with Crippen molar-refractivity contribution < 1.29 is 19.4 Å². The van der Waals surface area contributed by atoms with E-state index in [-0.39, 0.29) is 12.2 Å². The molecule has 0 atom stereocenters. The Bertz CT molecular complexity index is 1110. The molecular formula is C25H24ClNO4. The number of hydrogen-bond donors (Lipinski definition) is 1. The van der Waals surface area contributed by atoms with Crippen molar-refractivity contribution in [2.24, 2.45) is 4.99 Å². The van der Waals surface area contributed by atoms with E-state index < -0.39 is 5.97 Å². The number of ether oxygens (including phenoxy) is 2. The summed E-state index contributed by atoms with van der Waals surface area (Å²) in [5.41, 5.74) is 5.11. The SMILES string of the molecule is CCOc1cc(C=Nc2ccc(C)c(C)c2)cc(Cl)c1OCc1ccc(C(=O)O)cc1.